The van der Waals surface area contributed by atoms with E-state index in [1.165, 1.54) is 0 Å². The molecule has 0 unspecified atom stereocenters. The molecule has 76 valence electrons. The second kappa shape index (κ2) is 6.13. The third-order valence-electron chi connectivity index (χ3n) is 1.89. The first kappa shape index (κ1) is 10.7. The van der Waals surface area contributed by atoms with E-state index in [4.69, 9.17) is 4.84 Å². The Hall–Kier alpha value is -1.38. The van der Waals surface area contributed by atoms with E-state index in [0.717, 1.165) is 24.1 Å². The first-order valence-corrected chi connectivity index (χ1v) is 4.91. The molecule has 0 atom stereocenters. The topological polar surface area (TPSA) is 34.5 Å². The summed E-state index contributed by atoms with van der Waals surface area (Å²) in [4.78, 5) is 9.10. The molecule has 1 aromatic rings. The summed E-state index contributed by atoms with van der Waals surface area (Å²) in [5.41, 5.74) is 1.94. The lowest BCUT2D eigenvalue weighted by atomic mass is 10.2. The standard InChI is InChI=1S/C11H16N2O/c1-3-4-9-14-13-10(2)11-5-7-12-8-6-11/h5-8H,3-4,9H2,1-2H3/b13-10+. The van der Waals surface area contributed by atoms with Crippen LogP contribution in [0.1, 0.15) is 32.3 Å². The molecule has 0 aliphatic rings. The smallest absolute Gasteiger partial charge is 0.117 e. The van der Waals surface area contributed by atoms with Crippen LogP contribution in [0.5, 0.6) is 0 Å². The largest absolute Gasteiger partial charge is 0.396 e. The molecule has 14 heavy (non-hydrogen) atoms. The summed E-state index contributed by atoms with van der Waals surface area (Å²) < 4.78 is 0. The first-order chi connectivity index (χ1) is 6.84. The van der Waals surface area contributed by atoms with Gasteiger partial charge < -0.3 is 4.84 Å². The average Bonchev–Trinajstić information content (AvgIpc) is 2.25. The number of hydrogen-bond donors (Lipinski definition) is 0. The summed E-state index contributed by atoms with van der Waals surface area (Å²) in [6.45, 7) is 4.75. The van der Waals surface area contributed by atoms with Crippen LogP contribution in [0.25, 0.3) is 0 Å². The Morgan fingerprint density at radius 1 is 1.43 bits per heavy atom. The minimum Gasteiger partial charge on any atom is -0.396 e. The molecule has 0 aliphatic heterocycles. The molecule has 0 radical (unpaired) electrons. The van der Waals surface area contributed by atoms with Crippen LogP contribution < -0.4 is 0 Å². The van der Waals surface area contributed by atoms with Crippen LogP contribution >= 0.6 is 0 Å². The SMILES string of the molecule is CCCCO/N=C(\C)c1ccncc1. The van der Waals surface area contributed by atoms with E-state index in [0.29, 0.717) is 6.61 Å². The predicted molar refractivity (Wildman–Crippen MR) is 57.3 cm³/mol. The Kier molecular flexibility index (Phi) is 4.69. The van der Waals surface area contributed by atoms with E-state index in [9.17, 15) is 0 Å². The van der Waals surface area contributed by atoms with E-state index in [2.05, 4.69) is 17.1 Å². The van der Waals surface area contributed by atoms with Crippen molar-refractivity contribution < 1.29 is 4.84 Å². The van der Waals surface area contributed by atoms with Gasteiger partial charge in [-0.2, -0.15) is 0 Å². The van der Waals surface area contributed by atoms with Crippen molar-refractivity contribution in [3.05, 3.63) is 30.1 Å². The molecule has 0 aromatic carbocycles. The molecule has 0 bridgehead atoms. The Morgan fingerprint density at radius 2 is 2.14 bits per heavy atom. The summed E-state index contributed by atoms with van der Waals surface area (Å²) in [5, 5.41) is 4.02. The fraction of sp³-hybridized carbons (Fsp3) is 0.455. The molecule has 1 heterocycles. The van der Waals surface area contributed by atoms with Gasteiger partial charge in [-0.3, -0.25) is 4.98 Å². The Balaban J connectivity index is 2.44. The highest BCUT2D eigenvalue weighted by molar-refractivity contribution is 5.98. The highest BCUT2D eigenvalue weighted by Gasteiger charge is 1.95. The summed E-state index contributed by atoms with van der Waals surface area (Å²) in [6, 6.07) is 3.84. The third-order valence-corrected chi connectivity index (χ3v) is 1.89. The number of nitrogens with zero attached hydrogens (tertiary/aromatic N) is 2. The predicted octanol–water partition coefficient (Wildman–Crippen LogP) is 2.62. The van der Waals surface area contributed by atoms with Gasteiger partial charge in [0, 0.05) is 18.0 Å². The average molecular weight is 192 g/mol. The number of aromatic nitrogens is 1. The van der Waals surface area contributed by atoms with Gasteiger partial charge in [-0.05, 0) is 25.5 Å². The molecule has 0 saturated carbocycles. The van der Waals surface area contributed by atoms with Crippen molar-refractivity contribution in [1.29, 1.82) is 0 Å². The molecule has 0 saturated heterocycles. The molecule has 0 fully saturated rings. The molecule has 1 aromatic heterocycles. The van der Waals surface area contributed by atoms with E-state index < -0.39 is 0 Å². The summed E-state index contributed by atoms with van der Waals surface area (Å²) >= 11 is 0. The monoisotopic (exact) mass is 192 g/mol. The fourth-order valence-electron chi connectivity index (χ4n) is 0.997. The van der Waals surface area contributed by atoms with Crippen LogP contribution in [0.3, 0.4) is 0 Å². The molecule has 3 nitrogen and oxygen atoms in total. The number of unbranched alkanes of at least 4 members (excludes halogenated alkanes) is 1. The van der Waals surface area contributed by atoms with E-state index in [1.54, 1.807) is 12.4 Å². The van der Waals surface area contributed by atoms with Gasteiger partial charge in [-0.1, -0.05) is 18.5 Å². The fourth-order valence-corrected chi connectivity index (χ4v) is 0.997. The highest BCUT2D eigenvalue weighted by Crippen LogP contribution is 1.99. The second-order valence-electron chi connectivity index (χ2n) is 3.10. The molecule has 0 N–H and O–H groups in total. The van der Waals surface area contributed by atoms with Crippen LogP contribution in [0.15, 0.2) is 29.7 Å². The van der Waals surface area contributed by atoms with Crippen LogP contribution in [-0.2, 0) is 4.84 Å². The van der Waals surface area contributed by atoms with Gasteiger partial charge in [-0.15, -0.1) is 0 Å². The van der Waals surface area contributed by atoms with Gasteiger partial charge in [0.1, 0.15) is 6.61 Å². The van der Waals surface area contributed by atoms with E-state index >= 15 is 0 Å². The number of pyridine rings is 1. The van der Waals surface area contributed by atoms with Gasteiger partial charge in [0.05, 0.1) is 5.71 Å². The van der Waals surface area contributed by atoms with Crippen LogP contribution in [0.4, 0.5) is 0 Å². The summed E-state index contributed by atoms with van der Waals surface area (Å²) in [5.74, 6) is 0. The zero-order valence-electron chi connectivity index (χ0n) is 8.73. The zero-order valence-corrected chi connectivity index (χ0v) is 8.73. The Bertz CT molecular complexity index is 283. The van der Waals surface area contributed by atoms with Crippen LogP contribution in [0, 0.1) is 0 Å². The van der Waals surface area contributed by atoms with Crippen molar-refractivity contribution in [1.82, 2.24) is 4.98 Å². The summed E-state index contributed by atoms with van der Waals surface area (Å²) in [7, 11) is 0. The van der Waals surface area contributed by atoms with Gasteiger partial charge in [0.2, 0.25) is 0 Å². The molecular formula is C11H16N2O. The van der Waals surface area contributed by atoms with Gasteiger partial charge >= 0.3 is 0 Å². The lowest BCUT2D eigenvalue weighted by Gasteiger charge is -2.00. The zero-order chi connectivity index (χ0) is 10.2. The van der Waals surface area contributed by atoms with Gasteiger partial charge in [-0.25, -0.2) is 0 Å². The minimum absolute atomic E-state index is 0.693. The van der Waals surface area contributed by atoms with Crippen molar-refractivity contribution in [2.24, 2.45) is 5.16 Å². The van der Waals surface area contributed by atoms with E-state index in [-0.39, 0.29) is 0 Å². The first-order valence-electron chi connectivity index (χ1n) is 4.91. The Morgan fingerprint density at radius 3 is 2.79 bits per heavy atom. The Labute approximate surface area is 84.8 Å². The normalized spacial score (nSPS) is 11.4. The lowest BCUT2D eigenvalue weighted by molar-refractivity contribution is 0.141. The van der Waals surface area contributed by atoms with Crippen molar-refractivity contribution in [2.75, 3.05) is 6.61 Å². The van der Waals surface area contributed by atoms with Crippen molar-refractivity contribution in [3.8, 4) is 0 Å². The van der Waals surface area contributed by atoms with Crippen molar-refractivity contribution in [3.63, 3.8) is 0 Å². The minimum atomic E-state index is 0.693. The number of rotatable bonds is 5. The second-order valence-corrected chi connectivity index (χ2v) is 3.10. The third kappa shape index (κ3) is 3.56. The quantitative estimate of drug-likeness (QED) is 0.408. The van der Waals surface area contributed by atoms with Crippen molar-refractivity contribution >= 4 is 5.71 Å². The van der Waals surface area contributed by atoms with Crippen LogP contribution in [-0.4, -0.2) is 17.3 Å². The van der Waals surface area contributed by atoms with E-state index in [1.807, 2.05) is 19.1 Å². The molecule has 0 spiro atoms. The molecule has 3 heteroatoms. The number of hydrogen-bond acceptors (Lipinski definition) is 3. The maximum absolute atomic E-state index is 5.16. The summed E-state index contributed by atoms with van der Waals surface area (Å²) in [6.07, 6.45) is 5.68. The molecule has 0 amide bonds. The lowest BCUT2D eigenvalue weighted by Crippen LogP contribution is -1.97. The number of oxime groups is 1. The molecule has 1 rings (SSSR count). The van der Waals surface area contributed by atoms with Crippen molar-refractivity contribution in [2.45, 2.75) is 26.7 Å². The van der Waals surface area contributed by atoms with Gasteiger partial charge in [0.25, 0.3) is 0 Å². The molecular weight excluding hydrogens is 176 g/mol. The van der Waals surface area contributed by atoms with Gasteiger partial charge in [0.15, 0.2) is 0 Å². The maximum Gasteiger partial charge on any atom is 0.117 e. The van der Waals surface area contributed by atoms with Crippen LogP contribution in [0.2, 0.25) is 0 Å². The maximum atomic E-state index is 5.16. The highest BCUT2D eigenvalue weighted by atomic mass is 16.6. The molecule has 0 aliphatic carbocycles.